The molecule has 0 fully saturated rings. The number of rotatable bonds is 5. The highest BCUT2D eigenvalue weighted by Gasteiger charge is 2.40. The van der Waals surface area contributed by atoms with Crippen molar-refractivity contribution in [1.82, 2.24) is 0 Å². The molecule has 0 radical (unpaired) electrons. The van der Waals surface area contributed by atoms with Crippen LogP contribution in [0.2, 0.25) is 5.02 Å². The lowest BCUT2D eigenvalue weighted by molar-refractivity contribution is -0.384. The summed E-state index contributed by atoms with van der Waals surface area (Å²) in [7, 11) is 0. The van der Waals surface area contributed by atoms with E-state index in [4.69, 9.17) is 11.6 Å². The normalized spacial score (nSPS) is 13.8. The number of non-ortho nitro benzene ring substituents is 1. The quantitative estimate of drug-likeness (QED) is 0.290. The largest absolute Gasteiger partial charge is 0.272 e. The van der Waals surface area contributed by atoms with Gasteiger partial charge in [-0.15, -0.1) is 0 Å². The first kappa shape index (κ1) is 20.8. The number of nitrogens with zero attached hydrogens (tertiary/aromatic N) is 2. The lowest BCUT2D eigenvalue weighted by atomic mass is 10.1. The number of carbonyl (C=O) groups excluding carboxylic acids is 2. The Morgan fingerprint density at radius 1 is 0.935 bits per heavy atom. The predicted octanol–water partition coefficient (Wildman–Crippen LogP) is 5.46. The number of imide groups is 1. The van der Waals surface area contributed by atoms with E-state index in [1.807, 2.05) is 6.07 Å². The second-order valence-corrected chi connectivity index (χ2v) is 7.96. The number of thioether (sulfide) groups is 1. The molecule has 0 spiro atoms. The molecule has 0 N–H and O–H groups in total. The van der Waals surface area contributed by atoms with Crippen LogP contribution >= 0.6 is 23.4 Å². The fourth-order valence-corrected chi connectivity index (χ4v) is 4.26. The van der Waals surface area contributed by atoms with E-state index in [1.165, 1.54) is 36.4 Å². The Hall–Kier alpha value is -3.49. The Morgan fingerprint density at radius 3 is 2.23 bits per heavy atom. The molecule has 154 valence electrons. The van der Waals surface area contributed by atoms with Gasteiger partial charge in [-0.05, 0) is 48.0 Å². The topological polar surface area (TPSA) is 80.5 Å². The van der Waals surface area contributed by atoms with E-state index in [2.05, 4.69) is 0 Å². The number of halogens is 2. The SMILES string of the molecule is O=C1C(Sc2ccccc2)=C(c2ccc([N+](=O)[O-])cc2)C(=O)N1c1ccc(F)c(Cl)c1. The monoisotopic (exact) mass is 454 g/mol. The first-order valence-corrected chi connectivity index (χ1v) is 10.1. The van der Waals surface area contributed by atoms with Crippen molar-refractivity contribution in [2.75, 3.05) is 4.90 Å². The van der Waals surface area contributed by atoms with Gasteiger partial charge in [-0.1, -0.05) is 41.6 Å². The van der Waals surface area contributed by atoms with Crippen LogP contribution in [0.4, 0.5) is 15.8 Å². The second kappa shape index (κ2) is 8.33. The maximum absolute atomic E-state index is 13.6. The molecule has 0 saturated heterocycles. The predicted molar refractivity (Wildman–Crippen MR) is 116 cm³/mol. The third-order valence-corrected chi connectivity index (χ3v) is 5.91. The van der Waals surface area contributed by atoms with Gasteiger partial charge in [-0.25, -0.2) is 9.29 Å². The number of carbonyl (C=O) groups is 2. The van der Waals surface area contributed by atoms with Gasteiger partial charge in [-0.2, -0.15) is 0 Å². The Labute approximate surface area is 185 Å². The summed E-state index contributed by atoms with van der Waals surface area (Å²) in [5.41, 5.74) is 0.456. The standard InChI is InChI=1S/C22H12ClFN2O4S/c23-17-12-15(10-11-18(17)24)25-21(27)19(13-6-8-14(9-7-13)26(29)30)20(22(25)28)31-16-4-2-1-3-5-16/h1-12H. The Morgan fingerprint density at radius 2 is 1.61 bits per heavy atom. The van der Waals surface area contributed by atoms with Crippen molar-refractivity contribution in [3.63, 3.8) is 0 Å². The van der Waals surface area contributed by atoms with E-state index >= 15 is 0 Å². The summed E-state index contributed by atoms with van der Waals surface area (Å²) in [5, 5.41) is 10.7. The number of hydrogen-bond acceptors (Lipinski definition) is 5. The molecule has 3 aromatic rings. The maximum Gasteiger partial charge on any atom is 0.272 e. The fourth-order valence-electron chi connectivity index (χ4n) is 3.07. The lowest BCUT2D eigenvalue weighted by Gasteiger charge is -2.15. The number of hydrogen-bond donors (Lipinski definition) is 0. The van der Waals surface area contributed by atoms with Gasteiger partial charge in [0.25, 0.3) is 17.5 Å². The number of nitro groups is 1. The van der Waals surface area contributed by atoms with Crippen molar-refractivity contribution >= 4 is 52.1 Å². The summed E-state index contributed by atoms with van der Waals surface area (Å²) in [6.45, 7) is 0. The van der Waals surface area contributed by atoms with Crippen LogP contribution in [-0.2, 0) is 9.59 Å². The van der Waals surface area contributed by atoms with E-state index in [-0.39, 0.29) is 26.9 Å². The fraction of sp³-hybridized carbons (Fsp3) is 0. The molecule has 31 heavy (non-hydrogen) atoms. The Balaban J connectivity index is 1.82. The zero-order valence-corrected chi connectivity index (χ0v) is 17.2. The van der Waals surface area contributed by atoms with Gasteiger partial charge in [0.1, 0.15) is 5.82 Å². The van der Waals surface area contributed by atoms with Crippen LogP contribution in [0.5, 0.6) is 0 Å². The molecule has 0 atom stereocenters. The molecule has 6 nitrogen and oxygen atoms in total. The highest BCUT2D eigenvalue weighted by Crippen LogP contribution is 2.42. The molecule has 1 heterocycles. The van der Waals surface area contributed by atoms with Gasteiger partial charge in [0.2, 0.25) is 0 Å². The van der Waals surface area contributed by atoms with Crippen molar-refractivity contribution in [2.45, 2.75) is 4.90 Å². The second-order valence-electron chi connectivity index (χ2n) is 6.47. The molecule has 0 saturated carbocycles. The molecule has 9 heteroatoms. The average Bonchev–Trinajstić information content (AvgIpc) is 3.00. The molecule has 2 amide bonds. The van der Waals surface area contributed by atoms with Gasteiger partial charge in [0.15, 0.2) is 0 Å². The van der Waals surface area contributed by atoms with Gasteiger partial charge in [0, 0.05) is 17.0 Å². The summed E-state index contributed by atoms with van der Waals surface area (Å²) >= 11 is 6.96. The van der Waals surface area contributed by atoms with Crippen molar-refractivity contribution in [3.05, 3.63) is 104 Å². The van der Waals surface area contributed by atoms with Gasteiger partial charge in [0.05, 0.1) is 26.1 Å². The zero-order chi connectivity index (χ0) is 22.1. The Kier molecular flexibility index (Phi) is 5.58. The minimum atomic E-state index is -0.674. The van der Waals surface area contributed by atoms with Crippen LogP contribution in [0, 0.1) is 15.9 Å². The van der Waals surface area contributed by atoms with Crippen molar-refractivity contribution in [1.29, 1.82) is 0 Å². The summed E-state index contributed by atoms with van der Waals surface area (Å²) < 4.78 is 13.6. The molecule has 0 aromatic heterocycles. The molecule has 1 aliphatic rings. The van der Waals surface area contributed by atoms with E-state index in [0.717, 1.165) is 27.6 Å². The van der Waals surface area contributed by atoms with Crippen molar-refractivity contribution in [3.8, 4) is 0 Å². The molecule has 4 rings (SSSR count). The highest BCUT2D eigenvalue weighted by molar-refractivity contribution is 8.04. The van der Waals surface area contributed by atoms with E-state index in [9.17, 15) is 24.1 Å². The summed E-state index contributed by atoms with van der Waals surface area (Å²) in [5.74, 6) is -1.89. The van der Waals surface area contributed by atoms with Gasteiger partial charge in [-0.3, -0.25) is 19.7 Å². The molecule has 3 aromatic carbocycles. The smallest absolute Gasteiger partial charge is 0.268 e. The number of nitro benzene ring substituents is 1. The van der Waals surface area contributed by atoms with Crippen LogP contribution in [0.25, 0.3) is 5.57 Å². The number of amides is 2. The lowest BCUT2D eigenvalue weighted by Crippen LogP contribution is -2.31. The molecule has 0 bridgehead atoms. The van der Waals surface area contributed by atoms with E-state index < -0.39 is 22.6 Å². The maximum atomic E-state index is 13.6. The third-order valence-electron chi connectivity index (χ3n) is 4.53. The molecular formula is C22H12ClFN2O4S. The van der Waals surface area contributed by atoms with Crippen LogP contribution < -0.4 is 4.90 Å². The van der Waals surface area contributed by atoms with E-state index in [0.29, 0.717) is 5.56 Å². The number of benzene rings is 3. The minimum Gasteiger partial charge on any atom is -0.268 e. The van der Waals surface area contributed by atoms with Crippen LogP contribution in [0.15, 0.2) is 82.6 Å². The summed E-state index contributed by atoms with van der Waals surface area (Å²) in [6, 6.07) is 18.0. The number of anilines is 1. The van der Waals surface area contributed by atoms with Crippen LogP contribution in [-0.4, -0.2) is 16.7 Å². The van der Waals surface area contributed by atoms with Gasteiger partial charge >= 0.3 is 0 Å². The molecular weight excluding hydrogens is 443 g/mol. The van der Waals surface area contributed by atoms with E-state index in [1.54, 1.807) is 24.3 Å². The first-order chi connectivity index (χ1) is 14.9. The van der Waals surface area contributed by atoms with Crippen LogP contribution in [0.3, 0.4) is 0 Å². The zero-order valence-electron chi connectivity index (χ0n) is 15.6. The summed E-state index contributed by atoms with van der Waals surface area (Å²) in [6.07, 6.45) is 0. The minimum absolute atomic E-state index is 0.106. The highest BCUT2D eigenvalue weighted by atomic mass is 35.5. The van der Waals surface area contributed by atoms with Crippen molar-refractivity contribution in [2.24, 2.45) is 0 Å². The average molecular weight is 455 g/mol. The molecule has 0 aliphatic carbocycles. The Bertz CT molecular complexity index is 1250. The van der Waals surface area contributed by atoms with Crippen molar-refractivity contribution < 1.29 is 18.9 Å². The van der Waals surface area contributed by atoms with Gasteiger partial charge < -0.3 is 0 Å². The molecule has 0 unspecified atom stereocenters. The summed E-state index contributed by atoms with van der Waals surface area (Å²) in [4.78, 5) is 38.8. The van der Waals surface area contributed by atoms with Crippen LogP contribution in [0.1, 0.15) is 5.56 Å². The molecule has 1 aliphatic heterocycles. The first-order valence-electron chi connectivity index (χ1n) is 8.92. The third kappa shape index (κ3) is 3.95.